The average Bonchev–Trinajstić information content (AvgIpc) is 3.16. The molecule has 1 saturated heterocycles. The van der Waals surface area contributed by atoms with Gasteiger partial charge in [-0.15, -0.1) is 11.3 Å². The second kappa shape index (κ2) is 8.27. The van der Waals surface area contributed by atoms with Crippen LogP contribution in [0.3, 0.4) is 0 Å². The number of carbonyl (C=O) groups is 1. The van der Waals surface area contributed by atoms with Gasteiger partial charge >= 0.3 is 0 Å². The molecule has 0 saturated carbocycles. The van der Waals surface area contributed by atoms with Crippen molar-refractivity contribution in [1.29, 1.82) is 0 Å². The van der Waals surface area contributed by atoms with Crippen molar-refractivity contribution in [1.82, 2.24) is 9.62 Å². The molecule has 3 rings (SSSR count). The van der Waals surface area contributed by atoms with E-state index >= 15 is 0 Å². The minimum Gasteiger partial charge on any atom is -0.352 e. The number of hydrogen-bond donors (Lipinski definition) is 1. The van der Waals surface area contributed by atoms with Crippen LogP contribution < -0.4 is 5.32 Å². The molecule has 0 radical (unpaired) electrons. The Morgan fingerprint density at radius 3 is 2.58 bits per heavy atom. The van der Waals surface area contributed by atoms with Gasteiger partial charge in [-0.1, -0.05) is 35.3 Å². The molecule has 0 aliphatic carbocycles. The molecule has 5 nitrogen and oxygen atoms in total. The van der Waals surface area contributed by atoms with E-state index in [1.807, 2.05) is 0 Å². The summed E-state index contributed by atoms with van der Waals surface area (Å²) in [5.41, 5.74) is 0.794. The molecule has 26 heavy (non-hydrogen) atoms. The van der Waals surface area contributed by atoms with Crippen molar-refractivity contribution >= 4 is 50.5 Å². The Bertz CT molecular complexity index is 877. The summed E-state index contributed by atoms with van der Waals surface area (Å²) < 4.78 is 26.8. The van der Waals surface area contributed by atoms with E-state index in [9.17, 15) is 13.2 Å². The third-order valence-electron chi connectivity index (χ3n) is 4.38. The van der Waals surface area contributed by atoms with Gasteiger partial charge in [0.15, 0.2) is 0 Å². The molecule has 1 fully saturated rings. The zero-order valence-corrected chi connectivity index (χ0v) is 17.0. The molecule has 9 heteroatoms. The van der Waals surface area contributed by atoms with Gasteiger partial charge in [0.2, 0.25) is 5.91 Å². The fourth-order valence-corrected chi connectivity index (χ4v) is 5.98. The van der Waals surface area contributed by atoms with Gasteiger partial charge in [0.1, 0.15) is 4.21 Å². The van der Waals surface area contributed by atoms with Crippen LogP contribution in [-0.4, -0.2) is 31.7 Å². The maximum absolute atomic E-state index is 12.5. The van der Waals surface area contributed by atoms with Gasteiger partial charge in [0.05, 0.1) is 0 Å². The molecule has 140 valence electrons. The summed E-state index contributed by atoms with van der Waals surface area (Å²) in [6.07, 6.45) is 1.01. The van der Waals surface area contributed by atoms with Crippen LogP contribution in [0.4, 0.5) is 0 Å². The predicted molar refractivity (Wildman–Crippen MR) is 104 cm³/mol. The van der Waals surface area contributed by atoms with E-state index in [0.717, 1.165) is 5.56 Å². The highest BCUT2D eigenvalue weighted by Crippen LogP contribution is 2.26. The normalized spacial score (nSPS) is 16.5. The first-order valence-electron chi connectivity index (χ1n) is 8.13. The lowest BCUT2D eigenvalue weighted by atomic mass is 9.97. The highest BCUT2D eigenvalue weighted by molar-refractivity contribution is 7.91. The van der Waals surface area contributed by atoms with Crippen LogP contribution in [0.15, 0.2) is 39.9 Å². The number of nitrogens with one attached hydrogen (secondary N) is 1. The molecule has 2 heterocycles. The Labute approximate surface area is 167 Å². The summed E-state index contributed by atoms with van der Waals surface area (Å²) in [6, 6.07) is 8.47. The number of rotatable bonds is 5. The van der Waals surface area contributed by atoms with Gasteiger partial charge in [0.25, 0.3) is 10.0 Å². The van der Waals surface area contributed by atoms with Crippen molar-refractivity contribution in [3.63, 3.8) is 0 Å². The minimum absolute atomic E-state index is 0.0795. The Hall–Kier alpha value is -1.12. The molecule has 1 aromatic carbocycles. The third kappa shape index (κ3) is 4.40. The van der Waals surface area contributed by atoms with Crippen molar-refractivity contribution in [2.45, 2.75) is 23.6 Å². The number of thiophene rings is 1. The standard InChI is InChI=1S/C17H18Cl2N2O3S2/c18-14-4-3-13(15(19)10-14)11-20-17(22)12-5-7-21(8-6-12)26(23,24)16-2-1-9-25-16/h1-4,9-10,12H,5-8,11H2,(H,20,22). The maximum Gasteiger partial charge on any atom is 0.252 e. The van der Waals surface area contributed by atoms with Crippen LogP contribution in [0, 0.1) is 5.92 Å². The Morgan fingerprint density at radius 1 is 1.23 bits per heavy atom. The monoisotopic (exact) mass is 432 g/mol. The van der Waals surface area contributed by atoms with Crippen LogP contribution in [0.2, 0.25) is 10.0 Å². The minimum atomic E-state index is -3.44. The van der Waals surface area contributed by atoms with E-state index in [1.54, 1.807) is 35.7 Å². The van der Waals surface area contributed by atoms with Crippen molar-refractivity contribution in [3.8, 4) is 0 Å². The van der Waals surface area contributed by atoms with Crippen LogP contribution in [0.5, 0.6) is 0 Å². The first-order valence-corrected chi connectivity index (χ1v) is 11.2. The summed E-state index contributed by atoms with van der Waals surface area (Å²) in [6.45, 7) is 1.02. The van der Waals surface area contributed by atoms with Crippen molar-refractivity contribution in [2.75, 3.05) is 13.1 Å². The van der Waals surface area contributed by atoms with Gasteiger partial charge < -0.3 is 5.32 Å². The number of benzene rings is 1. The van der Waals surface area contributed by atoms with Crippen LogP contribution in [0.25, 0.3) is 0 Å². The molecule has 1 aromatic heterocycles. The molecule has 1 N–H and O–H groups in total. The molecule has 0 unspecified atom stereocenters. The van der Waals surface area contributed by atoms with Gasteiger partial charge in [0, 0.05) is 35.6 Å². The zero-order valence-electron chi connectivity index (χ0n) is 13.8. The molecular formula is C17H18Cl2N2O3S2. The molecule has 1 aliphatic heterocycles. The second-order valence-corrected chi connectivity index (χ2v) is 10.0. The van der Waals surface area contributed by atoms with E-state index in [-0.39, 0.29) is 11.8 Å². The van der Waals surface area contributed by atoms with Gasteiger partial charge in [-0.05, 0) is 42.0 Å². The lowest BCUT2D eigenvalue weighted by Crippen LogP contribution is -2.42. The van der Waals surface area contributed by atoms with Gasteiger partial charge in [-0.25, -0.2) is 8.42 Å². The van der Waals surface area contributed by atoms with Crippen LogP contribution in [0.1, 0.15) is 18.4 Å². The molecular weight excluding hydrogens is 415 g/mol. The van der Waals surface area contributed by atoms with Crippen molar-refractivity contribution in [3.05, 3.63) is 51.3 Å². The summed E-state index contributed by atoms with van der Waals surface area (Å²) in [7, 11) is -3.44. The number of hydrogen-bond acceptors (Lipinski definition) is 4. The largest absolute Gasteiger partial charge is 0.352 e. The summed E-state index contributed by atoms with van der Waals surface area (Å²) >= 11 is 13.2. The number of amides is 1. The molecule has 1 amide bonds. The summed E-state index contributed by atoms with van der Waals surface area (Å²) in [4.78, 5) is 12.4. The van der Waals surface area contributed by atoms with E-state index in [4.69, 9.17) is 23.2 Å². The fraction of sp³-hybridized carbons (Fsp3) is 0.353. The highest BCUT2D eigenvalue weighted by Gasteiger charge is 2.32. The highest BCUT2D eigenvalue weighted by atomic mass is 35.5. The first-order chi connectivity index (χ1) is 12.4. The second-order valence-electron chi connectivity index (χ2n) is 6.06. The lowest BCUT2D eigenvalue weighted by molar-refractivity contribution is -0.126. The third-order valence-corrected chi connectivity index (χ3v) is 8.24. The summed E-state index contributed by atoms with van der Waals surface area (Å²) in [5.74, 6) is -0.278. The van der Waals surface area contributed by atoms with E-state index < -0.39 is 10.0 Å². The van der Waals surface area contributed by atoms with E-state index in [0.29, 0.717) is 46.7 Å². The van der Waals surface area contributed by atoms with E-state index in [2.05, 4.69) is 5.32 Å². The topological polar surface area (TPSA) is 66.5 Å². The Morgan fingerprint density at radius 2 is 1.96 bits per heavy atom. The molecule has 1 aliphatic rings. The van der Waals surface area contributed by atoms with E-state index in [1.165, 1.54) is 15.6 Å². The van der Waals surface area contributed by atoms with Gasteiger partial charge in [-0.3, -0.25) is 4.79 Å². The number of halogens is 2. The van der Waals surface area contributed by atoms with Crippen LogP contribution in [-0.2, 0) is 21.4 Å². The lowest BCUT2D eigenvalue weighted by Gasteiger charge is -2.30. The fourth-order valence-electron chi connectivity index (χ4n) is 2.89. The van der Waals surface area contributed by atoms with Crippen molar-refractivity contribution in [2.24, 2.45) is 5.92 Å². The average molecular weight is 433 g/mol. The SMILES string of the molecule is O=C(NCc1ccc(Cl)cc1Cl)C1CCN(S(=O)(=O)c2cccs2)CC1. The maximum atomic E-state index is 12.5. The number of nitrogens with zero attached hydrogens (tertiary/aromatic N) is 1. The molecule has 0 atom stereocenters. The molecule has 2 aromatic rings. The first kappa shape index (κ1) is 19.6. The number of carbonyl (C=O) groups excluding carboxylic acids is 1. The molecule has 0 spiro atoms. The predicted octanol–water partition coefficient (Wildman–Crippen LogP) is 3.77. The Kier molecular flexibility index (Phi) is 6.25. The molecule has 0 bridgehead atoms. The van der Waals surface area contributed by atoms with Crippen LogP contribution >= 0.6 is 34.5 Å². The van der Waals surface area contributed by atoms with Gasteiger partial charge in [-0.2, -0.15) is 4.31 Å². The van der Waals surface area contributed by atoms with Crippen molar-refractivity contribution < 1.29 is 13.2 Å². The zero-order chi connectivity index (χ0) is 18.7. The number of sulfonamides is 1. The summed E-state index contributed by atoms with van der Waals surface area (Å²) in [5, 5.41) is 5.68. The number of piperidine rings is 1. The Balaban J connectivity index is 1.54. The quantitative estimate of drug-likeness (QED) is 0.781. The smallest absolute Gasteiger partial charge is 0.252 e.